The van der Waals surface area contributed by atoms with Crippen molar-refractivity contribution in [3.63, 3.8) is 0 Å². The van der Waals surface area contributed by atoms with Gasteiger partial charge in [-0.2, -0.15) is 0 Å². The molecule has 0 radical (unpaired) electrons. The van der Waals surface area contributed by atoms with Crippen molar-refractivity contribution in [1.82, 2.24) is 4.90 Å². The molecule has 1 saturated heterocycles. The maximum atomic E-state index is 13.3. The van der Waals surface area contributed by atoms with Crippen molar-refractivity contribution in [3.05, 3.63) is 68.7 Å². The van der Waals surface area contributed by atoms with Gasteiger partial charge in [-0.05, 0) is 24.3 Å². The Kier molecular flexibility index (Phi) is 5.03. The average Bonchev–Trinajstić information content (AvgIpc) is 2.60. The number of halogens is 3. The van der Waals surface area contributed by atoms with Crippen LogP contribution >= 0.6 is 11.6 Å². The van der Waals surface area contributed by atoms with Crippen LogP contribution in [0.1, 0.15) is 10.4 Å². The molecule has 0 saturated carbocycles. The zero-order valence-corrected chi connectivity index (χ0v) is 14.2. The Labute approximate surface area is 152 Å². The summed E-state index contributed by atoms with van der Waals surface area (Å²) >= 11 is 5.82. The predicted octanol–water partition coefficient (Wildman–Crippen LogP) is 3.49. The summed E-state index contributed by atoms with van der Waals surface area (Å²) < 4.78 is 26.6. The summed E-state index contributed by atoms with van der Waals surface area (Å²) in [5.41, 5.74) is 0.251. The van der Waals surface area contributed by atoms with E-state index in [9.17, 15) is 23.7 Å². The summed E-state index contributed by atoms with van der Waals surface area (Å²) in [6.07, 6.45) is 0. The Morgan fingerprint density at radius 1 is 1.04 bits per heavy atom. The third kappa shape index (κ3) is 3.75. The van der Waals surface area contributed by atoms with Crippen molar-refractivity contribution in [2.24, 2.45) is 0 Å². The van der Waals surface area contributed by atoms with Crippen molar-refractivity contribution in [2.45, 2.75) is 0 Å². The highest BCUT2D eigenvalue weighted by molar-refractivity contribution is 6.30. The van der Waals surface area contributed by atoms with Crippen LogP contribution in [-0.2, 0) is 0 Å². The molecule has 136 valence electrons. The van der Waals surface area contributed by atoms with Crippen molar-refractivity contribution in [2.75, 3.05) is 31.1 Å². The molecule has 3 rings (SSSR count). The number of hydrogen-bond acceptors (Lipinski definition) is 4. The van der Waals surface area contributed by atoms with E-state index in [1.165, 1.54) is 11.0 Å². The zero-order valence-electron chi connectivity index (χ0n) is 13.5. The van der Waals surface area contributed by atoms with Gasteiger partial charge in [-0.3, -0.25) is 14.9 Å². The average molecular weight is 382 g/mol. The number of nitro groups is 1. The normalized spacial score (nSPS) is 14.4. The molecule has 1 amide bonds. The molecule has 0 spiro atoms. The van der Waals surface area contributed by atoms with Gasteiger partial charge in [0.2, 0.25) is 0 Å². The molecule has 1 aliphatic heterocycles. The van der Waals surface area contributed by atoms with Crippen LogP contribution in [-0.4, -0.2) is 41.9 Å². The van der Waals surface area contributed by atoms with E-state index in [0.717, 1.165) is 12.1 Å². The fraction of sp³-hybridized carbons (Fsp3) is 0.235. The second-order valence-corrected chi connectivity index (χ2v) is 6.26. The maximum Gasteiger partial charge on any atom is 0.294 e. The number of hydrogen-bond donors (Lipinski definition) is 0. The van der Waals surface area contributed by atoms with E-state index in [1.54, 1.807) is 17.0 Å². The molecule has 1 heterocycles. The van der Waals surface area contributed by atoms with Gasteiger partial charge in [-0.25, -0.2) is 8.78 Å². The number of nitro benzene ring substituents is 1. The minimum absolute atomic E-state index is 0.0616. The molecule has 0 atom stereocenters. The molecule has 1 fully saturated rings. The molecular weight excluding hydrogens is 368 g/mol. The van der Waals surface area contributed by atoms with E-state index in [-0.39, 0.29) is 29.4 Å². The van der Waals surface area contributed by atoms with Gasteiger partial charge in [-0.15, -0.1) is 0 Å². The number of amides is 1. The van der Waals surface area contributed by atoms with Crippen LogP contribution in [0, 0.1) is 21.7 Å². The van der Waals surface area contributed by atoms with Crippen LogP contribution in [0.15, 0.2) is 36.4 Å². The molecule has 0 N–H and O–H groups in total. The standard InChI is InChI=1S/C17H14ClF2N3O3/c18-12-1-2-15(16(9-12)23(25)26)21-3-5-22(6-4-21)17(24)11-7-13(19)10-14(20)8-11/h1-2,7-10H,3-6H2. The molecule has 0 unspecified atom stereocenters. The molecule has 0 bridgehead atoms. The lowest BCUT2D eigenvalue weighted by molar-refractivity contribution is -0.384. The van der Waals surface area contributed by atoms with E-state index in [1.807, 2.05) is 0 Å². The summed E-state index contributed by atoms with van der Waals surface area (Å²) in [4.78, 5) is 26.4. The Bertz CT molecular complexity index is 850. The molecule has 26 heavy (non-hydrogen) atoms. The Hall–Kier alpha value is -2.74. The first-order valence-corrected chi connectivity index (χ1v) is 8.17. The van der Waals surface area contributed by atoms with Crippen LogP contribution in [0.2, 0.25) is 5.02 Å². The Morgan fingerprint density at radius 2 is 1.65 bits per heavy atom. The quantitative estimate of drug-likeness (QED) is 0.603. The highest BCUT2D eigenvalue weighted by Crippen LogP contribution is 2.31. The highest BCUT2D eigenvalue weighted by atomic mass is 35.5. The van der Waals surface area contributed by atoms with Crippen LogP contribution < -0.4 is 4.90 Å². The minimum atomic E-state index is -0.816. The topological polar surface area (TPSA) is 66.7 Å². The van der Waals surface area contributed by atoms with Gasteiger partial charge in [-0.1, -0.05) is 11.6 Å². The lowest BCUT2D eigenvalue weighted by atomic mass is 10.1. The first-order valence-electron chi connectivity index (χ1n) is 7.79. The second-order valence-electron chi connectivity index (χ2n) is 5.83. The fourth-order valence-electron chi connectivity index (χ4n) is 2.92. The van der Waals surface area contributed by atoms with E-state index in [2.05, 4.69) is 0 Å². The molecule has 0 aliphatic carbocycles. The SMILES string of the molecule is O=C(c1cc(F)cc(F)c1)N1CCN(c2ccc(Cl)cc2[N+](=O)[O-])CC1. The highest BCUT2D eigenvalue weighted by Gasteiger charge is 2.26. The van der Waals surface area contributed by atoms with Crippen molar-refractivity contribution >= 4 is 28.9 Å². The lowest BCUT2D eigenvalue weighted by Gasteiger charge is -2.35. The van der Waals surface area contributed by atoms with E-state index < -0.39 is 22.5 Å². The summed E-state index contributed by atoms with van der Waals surface area (Å²) in [6, 6.07) is 7.10. The lowest BCUT2D eigenvalue weighted by Crippen LogP contribution is -2.49. The number of benzene rings is 2. The summed E-state index contributed by atoms with van der Waals surface area (Å²) in [7, 11) is 0. The molecular formula is C17H14ClF2N3O3. The largest absolute Gasteiger partial charge is 0.362 e. The Morgan fingerprint density at radius 3 is 2.23 bits per heavy atom. The first kappa shape index (κ1) is 18.1. The van der Waals surface area contributed by atoms with Gasteiger partial charge in [0.15, 0.2) is 0 Å². The van der Waals surface area contributed by atoms with Crippen molar-refractivity contribution in [3.8, 4) is 0 Å². The van der Waals surface area contributed by atoms with Gasteiger partial charge >= 0.3 is 0 Å². The molecule has 0 aromatic heterocycles. The molecule has 6 nitrogen and oxygen atoms in total. The number of piperazine rings is 1. The van der Waals surface area contributed by atoms with Crippen molar-refractivity contribution < 1.29 is 18.5 Å². The van der Waals surface area contributed by atoms with Gasteiger partial charge < -0.3 is 9.80 Å². The van der Waals surface area contributed by atoms with Gasteiger partial charge in [0.05, 0.1) is 4.92 Å². The van der Waals surface area contributed by atoms with Crippen molar-refractivity contribution in [1.29, 1.82) is 0 Å². The van der Waals surface area contributed by atoms with Crippen LogP contribution in [0.5, 0.6) is 0 Å². The van der Waals surface area contributed by atoms with E-state index in [4.69, 9.17) is 11.6 Å². The minimum Gasteiger partial charge on any atom is -0.362 e. The van der Waals surface area contributed by atoms with Gasteiger partial charge in [0.1, 0.15) is 17.3 Å². The molecule has 2 aromatic rings. The maximum absolute atomic E-state index is 13.3. The third-order valence-corrected chi connectivity index (χ3v) is 4.39. The monoisotopic (exact) mass is 381 g/mol. The number of anilines is 1. The van der Waals surface area contributed by atoms with Crippen LogP contribution in [0.25, 0.3) is 0 Å². The first-order chi connectivity index (χ1) is 12.3. The molecule has 1 aliphatic rings. The number of nitrogens with zero attached hydrogens (tertiary/aromatic N) is 3. The summed E-state index contributed by atoms with van der Waals surface area (Å²) in [5.74, 6) is -2.11. The van der Waals surface area contributed by atoms with Crippen LogP contribution in [0.3, 0.4) is 0 Å². The van der Waals surface area contributed by atoms with E-state index in [0.29, 0.717) is 24.8 Å². The number of rotatable bonds is 3. The zero-order chi connectivity index (χ0) is 18.8. The van der Waals surface area contributed by atoms with Gasteiger partial charge in [0, 0.05) is 48.9 Å². The molecule has 2 aromatic carbocycles. The molecule has 9 heteroatoms. The third-order valence-electron chi connectivity index (χ3n) is 4.15. The number of carbonyl (C=O) groups is 1. The second kappa shape index (κ2) is 7.25. The smallest absolute Gasteiger partial charge is 0.294 e. The van der Waals surface area contributed by atoms with E-state index >= 15 is 0 Å². The van der Waals surface area contributed by atoms with Crippen LogP contribution in [0.4, 0.5) is 20.2 Å². The predicted molar refractivity (Wildman–Crippen MR) is 92.6 cm³/mol. The Balaban J connectivity index is 1.73. The summed E-state index contributed by atoms with van der Waals surface area (Å²) in [5, 5.41) is 11.5. The summed E-state index contributed by atoms with van der Waals surface area (Å²) in [6.45, 7) is 1.26. The fourth-order valence-corrected chi connectivity index (χ4v) is 3.09. The number of carbonyl (C=O) groups excluding carboxylic acids is 1. The van der Waals surface area contributed by atoms with Gasteiger partial charge in [0.25, 0.3) is 11.6 Å².